The van der Waals surface area contributed by atoms with Crippen LogP contribution in [0, 0.1) is 11.8 Å². The van der Waals surface area contributed by atoms with Gasteiger partial charge in [-0.1, -0.05) is 20.8 Å². The van der Waals surface area contributed by atoms with Gasteiger partial charge >= 0.3 is 0 Å². The molecular formula is C11H21NO2. The van der Waals surface area contributed by atoms with Gasteiger partial charge < -0.3 is 4.90 Å². The molecule has 1 amide bonds. The molecule has 2 unspecified atom stereocenters. The molecule has 0 spiro atoms. The lowest BCUT2D eigenvalue weighted by Gasteiger charge is -2.11. The van der Waals surface area contributed by atoms with Gasteiger partial charge in [0.25, 0.3) is 0 Å². The van der Waals surface area contributed by atoms with Crippen molar-refractivity contribution in [2.24, 2.45) is 11.8 Å². The van der Waals surface area contributed by atoms with E-state index in [9.17, 15) is 9.59 Å². The Bertz CT molecular complexity index is 213. The van der Waals surface area contributed by atoms with Gasteiger partial charge in [0.2, 0.25) is 5.91 Å². The highest BCUT2D eigenvalue weighted by Crippen LogP contribution is 2.23. The second kappa shape index (κ2) is 5.78. The van der Waals surface area contributed by atoms with Gasteiger partial charge in [-0.05, 0) is 12.8 Å². The third kappa shape index (κ3) is 3.13. The second-order valence-corrected chi connectivity index (χ2v) is 3.62. The van der Waals surface area contributed by atoms with Crippen molar-refractivity contribution in [1.29, 1.82) is 0 Å². The number of ketones is 1. The molecule has 2 atom stereocenters. The minimum absolute atomic E-state index is 0.0638. The minimum atomic E-state index is 0.0638. The van der Waals surface area contributed by atoms with Crippen LogP contribution < -0.4 is 0 Å². The van der Waals surface area contributed by atoms with Crippen LogP contribution in [-0.4, -0.2) is 29.7 Å². The SMILES string of the molecule is CC.CC(=O)C1CN(C(C)=O)CC1C. The summed E-state index contributed by atoms with van der Waals surface area (Å²) in [6.45, 7) is 10.5. The van der Waals surface area contributed by atoms with Crippen molar-refractivity contribution >= 4 is 11.7 Å². The van der Waals surface area contributed by atoms with E-state index >= 15 is 0 Å². The molecule has 3 heteroatoms. The summed E-state index contributed by atoms with van der Waals surface area (Å²) in [6.07, 6.45) is 0. The first-order chi connectivity index (χ1) is 6.52. The summed E-state index contributed by atoms with van der Waals surface area (Å²) in [7, 11) is 0. The van der Waals surface area contributed by atoms with E-state index in [0.717, 1.165) is 6.54 Å². The van der Waals surface area contributed by atoms with E-state index < -0.39 is 0 Å². The zero-order chi connectivity index (χ0) is 11.3. The minimum Gasteiger partial charge on any atom is -0.342 e. The summed E-state index contributed by atoms with van der Waals surface area (Å²) >= 11 is 0. The largest absolute Gasteiger partial charge is 0.342 e. The summed E-state index contributed by atoms with van der Waals surface area (Å²) in [5.41, 5.74) is 0. The van der Waals surface area contributed by atoms with Gasteiger partial charge in [0.15, 0.2) is 0 Å². The third-order valence-electron chi connectivity index (χ3n) is 2.58. The molecule has 0 aromatic heterocycles. The molecule has 0 radical (unpaired) electrons. The lowest BCUT2D eigenvalue weighted by Crippen LogP contribution is -2.26. The topological polar surface area (TPSA) is 37.4 Å². The Labute approximate surface area is 86.5 Å². The Balaban J connectivity index is 0.000000791. The first-order valence-electron chi connectivity index (χ1n) is 5.28. The Morgan fingerprint density at radius 1 is 1.14 bits per heavy atom. The Morgan fingerprint density at radius 3 is 1.86 bits per heavy atom. The summed E-state index contributed by atoms with van der Waals surface area (Å²) in [5.74, 6) is 0.664. The van der Waals surface area contributed by atoms with E-state index in [1.165, 1.54) is 0 Å². The normalized spacial score (nSPS) is 25.4. The van der Waals surface area contributed by atoms with Crippen molar-refractivity contribution in [1.82, 2.24) is 4.90 Å². The standard InChI is InChI=1S/C9H15NO2.C2H6/c1-6-4-10(8(3)12)5-9(6)7(2)11;1-2/h6,9H,4-5H2,1-3H3;1-2H3. The summed E-state index contributed by atoms with van der Waals surface area (Å²) in [6, 6.07) is 0. The van der Waals surface area contributed by atoms with E-state index in [-0.39, 0.29) is 17.6 Å². The van der Waals surface area contributed by atoms with Crippen LogP contribution in [0.4, 0.5) is 0 Å². The molecule has 3 nitrogen and oxygen atoms in total. The van der Waals surface area contributed by atoms with Crippen LogP contribution in [0.25, 0.3) is 0 Å². The van der Waals surface area contributed by atoms with Crippen LogP contribution in [0.2, 0.25) is 0 Å². The Hall–Kier alpha value is -0.860. The molecule has 0 bridgehead atoms. The molecule has 0 aromatic rings. The van der Waals surface area contributed by atoms with Crippen LogP contribution in [0.1, 0.15) is 34.6 Å². The maximum absolute atomic E-state index is 11.1. The second-order valence-electron chi connectivity index (χ2n) is 3.62. The fourth-order valence-corrected chi connectivity index (χ4v) is 1.75. The van der Waals surface area contributed by atoms with Gasteiger partial charge in [-0.15, -0.1) is 0 Å². The number of amides is 1. The van der Waals surface area contributed by atoms with Gasteiger partial charge in [0.1, 0.15) is 5.78 Å². The van der Waals surface area contributed by atoms with Gasteiger partial charge in [0.05, 0.1) is 0 Å². The van der Waals surface area contributed by atoms with Crippen LogP contribution in [0.5, 0.6) is 0 Å². The zero-order valence-corrected chi connectivity index (χ0v) is 9.83. The van der Waals surface area contributed by atoms with Crippen molar-refractivity contribution < 1.29 is 9.59 Å². The van der Waals surface area contributed by atoms with Crippen molar-refractivity contribution in [3.05, 3.63) is 0 Å². The van der Waals surface area contributed by atoms with E-state index in [1.54, 1.807) is 18.7 Å². The van der Waals surface area contributed by atoms with Gasteiger partial charge in [-0.3, -0.25) is 9.59 Å². The van der Waals surface area contributed by atoms with Crippen LogP contribution in [-0.2, 0) is 9.59 Å². The molecule has 1 heterocycles. The third-order valence-corrected chi connectivity index (χ3v) is 2.58. The van der Waals surface area contributed by atoms with E-state index in [0.29, 0.717) is 12.5 Å². The number of likely N-dealkylation sites (tertiary alicyclic amines) is 1. The number of Topliss-reactive ketones (excluding diaryl/α,β-unsaturated/α-hetero) is 1. The molecule has 1 rings (SSSR count). The highest BCUT2D eigenvalue weighted by molar-refractivity contribution is 5.81. The zero-order valence-electron chi connectivity index (χ0n) is 9.83. The lowest BCUT2D eigenvalue weighted by molar-refractivity contribution is -0.128. The van der Waals surface area contributed by atoms with Crippen LogP contribution in [0.3, 0.4) is 0 Å². The predicted molar refractivity (Wildman–Crippen MR) is 56.9 cm³/mol. The predicted octanol–water partition coefficient (Wildman–Crippen LogP) is 1.72. The van der Waals surface area contributed by atoms with Crippen molar-refractivity contribution in [2.75, 3.05) is 13.1 Å². The number of hydrogen-bond donors (Lipinski definition) is 0. The number of hydrogen-bond acceptors (Lipinski definition) is 2. The molecule has 0 N–H and O–H groups in total. The lowest BCUT2D eigenvalue weighted by atomic mass is 9.95. The van der Waals surface area contributed by atoms with E-state index in [2.05, 4.69) is 0 Å². The monoisotopic (exact) mass is 199 g/mol. The average Bonchev–Trinajstić information content (AvgIpc) is 2.51. The van der Waals surface area contributed by atoms with Crippen LogP contribution >= 0.6 is 0 Å². The van der Waals surface area contributed by atoms with E-state index in [1.807, 2.05) is 20.8 Å². The highest BCUT2D eigenvalue weighted by atomic mass is 16.2. The number of carbonyl (C=O) groups is 2. The molecule has 0 aromatic carbocycles. The first kappa shape index (κ1) is 13.1. The van der Waals surface area contributed by atoms with E-state index in [4.69, 9.17) is 0 Å². The van der Waals surface area contributed by atoms with Gasteiger partial charge in [-0.2, -0.15) is 0 Å². The molecular weight excluding hydrogens is 178 g/mol. The summed E-state index contributed by atoms with van der Waals surface area (Å²) in [5, 5.41) is 0. The quantitative estimate of drug-likeness (QED) is 0.644. The Morgan fingerprint density at radius 2 is 1.64 bits per heavy atom. The van der Waals surface area contributed by atoms with Crippen molar-refractivity contribution in [2.45, 2.75) is 34.6 Å². The number of nitrogens with zero attached hydrogens (tertiary/aromatic N) is 1. The molecule has 1 saturated heterocycles. The maximum atomic E-state index is 11.1. The Kier molecular flexibility index (Phi) is 5.43. The maximum Gasteiger partial charge on any atom is 0.219 e. The molecule has 82 valence electrons. The fraction of sp³-hybridized carbons (Fsp3) is 0.818. The van der Waals surface area contributed by atoms with Crippen LogP contribution in [0.15, 0.2) is 0 Å². The average molecular weight is 199 g/mol. The molecule has 1 aliphatic heterocycles. The van der Waals surface area contributed by atoms with Gasteiger partial charge in [-0.25, -0.2) is 0 Å². The van der Waals surface area contributed by atoms with Crippen molar-refractivity contribution in [3.8, 4) is 0 Å². The first-order valence-corrected chi connectivity index (χ1v) is 5.28. The summed E-state index contributed by atoms with van der Waals surface area (Å²) in [4.78, 5) is 23.8. The smallest absolute Gasteiger partial charge is 0.219 e. The molecule has 0 saturated carbocycles. The molecule has 1 aliphatic rings. The molecule has 14 heavy (non-hydrogen) atoms. The number of carbonyl (C=O) groups excluding carboxylic acids is 2. The number of rotatable bonds is 1. The van der Waals surface area contributed by atoms with Crippen molar-refractivity contribution in [3.63, 3.8) is 0 Å². The highest BCUT2D eigenvalue weighted by Gasteiger charge is 2.33. The molecule has 1 fully saturated rings. The molecule has 0 aliphatic carbocycles. The van der Waals surface area contributed by atoms with Gasteiger partial charge in [0, 0.05) is 25.9 Å². The summed E-state index contributed by atoms with van der Waals surface area (Å²) < 4.78 is 0. The fourth-order valence-electron chi connectivity index (χ4n) is 1.75.